The van der Waals surface area contributed by atoms with Gasteiger partial charge in [-0.05, 0) is 18.4 Å². The molecular weight excluding hydrogens is 308 g/mol. The Morgan fingerprint density at radius 3 is 2.91 bits per heavy atom. The third-order valence-electron chi connectivity index (χ3n) is 3.03. The van der Waals surface area contributed by atoms with Gasteiger partial charge in [0, 0.05) is 18.1 Å². The molecule has 2 rings (SSSR count). The number of ether oxygens (including phenoxy) is 1. The maximum absolute atomic E-state index is 11.9. The van der Waals surface area contributed by atoms with E-state index in [1.165, 1.54) is 18.4 Å². The molecule has 2 N–H and O–H groups in total. The van der Waals surface area contributed by atoms with Crippen LogP contribution in [0.15, 0.2) is 21.2 Å². The molecule has 0 aromatic carbocycles. The molecule has 1 amide bonds. The lowest BCUT2D eigenvalue weighted by Gasteiger charge is -2.10. The molecule has 2 aromatic rings. The zero-order valence-electron chi connectivity index (χ0n) is 12.2. The molecule has 22 heavy (non-hydrogen) atoms. The lowest BCUT2D eigenvalue weighted by molar-refractivity contribution is -0.148. The van der Waals surface area contributed by atoms with Crippen LogP contribution in [0.2, 0.25) is 0 Å². The van der Waals surface area contributed by atoms with E-state index in [4.69, 9.17) is 14.3 Å². The number of amides is 1. The molecule has 0 aliphatic rings. The zero-order valence-corrected chi connectivity index (χ0v) is 13.0. The van der Waals surface area contributed by atoms with Crippen molar-refractivity contribution in [2.45, 2.75) is 19.4 Å². The number of rotatable bonds is 7. The van der Waals surface area contributed by atoms with Crippen molar-refractivity contribution in [3.8, 4) is 11.5 Å². The molecule has 0 saturated carbocycles. The Labute approximate surface area is 130 Å². The molecule has 7 nitrogen and oxygen atoms in total. The van der Waals surface area contributed by atoms with Gasteiger partial charge in [0.15, 0.2) is 6.10 Å². The van der Waals surface area contributed by atoms with Crippen LogP contribution >= 0.6 is 11.3 Å². The van der Waals surface area contributed by atoms with Gasteiger partial charge in [0.1, 0.15) is 5.76 Å². The van der Waals surface area contributed by atoms with Crippen LogP contribution < -0.4 is 5.32 Å². The summed E-state index contributed by atoms with van der Waals surface area (Å²) in [6, 6.07) is 1.88. The minimum atomic E-state index is -1.12. The normalized spacial score (nSPS) is 12.1. The number of aryl methyl sites for hydroxylation is 1. The second-order valence-electron chi connectivity index (χ2n) is 4.58. The van der Waals surface area contributed by atoms with Crippen LogP contribution in [0, 0.1) is 6.92 Å². The number of carboxylic acid groups (broad SMARTS) is 1. The second-order valence-corrected chi connectivity index (χ2v) is 5.36. The Morgan fingerprint density at radius 2 is 2.32 bits per heavy atom. The van der Waals surface area contributed by atoms with Gasteiger partial charge in [0.05, 0.1) is 18.7 Å². The van der Waals surface area contributed by atoms with Gasteiger partial charge in [0.2, 0.25) is 11.8 Å². The Morgan fingerprint density at radius 1 is 1.55 bits per heavy atom. The number of aliphatic carboxylic acids is 1. The standard InChI is InChI=1S/C14H16N2O5S/c1-8-10(16-13(21-8)9-3-4-22-7-9)5-12(17)15-6-11(20-2)14(18)19/h3-4,7,11H,5-6H2,1-2H3,(H,15,17)(H,18,19). The molecule has 2 heterocycles. The minimum Gasteiger partial charge on any atom is -0.479 e. The van der Waals surface area contributed by atoms with Crippen molar-refractivity contribution in [2.75, 3.05) is 13.7 Å². The molecule has 0 radical (unpaired) electrons. The molecule has 0 fully saturated rings. The first-order chi connectivity index (χ1) is 10.5. The van der Waals surface area contributed by atoms with Crippen molar-refractivity contribution >= 4 is 23.2 Å². The molecule has 0 bridgehead atoms. The molecule has 118 valence electrons. The average Bonchev–Trinajstić information content (AvgIpc) is 3.09. The van der Waals surface area contributed by atoms with Gasteiger partial charge in [-0.2, -0.15) is 11.3 Å². The number of hydrogen-bond donors (Lipinski definition) is 2. The highest BCUT2D eigenvalue weighted by molar-refractivity contribution is 7.08. The minimum absolute atomic E-state index is 0.0233. The predicted molar refractivity (Wildman–Crippen MR) is 79.7 cm³/mol. The van der Waals surface area contributed by atoms with E-state index >= 15 is 0 Å². The van der Waals surface area contributed by atoms with Crippen LogP contribution in [0.3, 0.4) is 0 Å². The Hall–Kier alpha value is -2.19. The first-order valence-corrected chi connectivity index (χ1v) is 7.46. The number of methoxy groups -OCH3 is 1. The van der Waals surface area contributed by atoms with Crippen molar-refractivity contribution < 1.29 is 23.8 Å². The van der Waals surface area contributed by atoms with Crippen LogP contribution in [0.25, 0.3) is 11.5 Å². The predicted octanol–water partition coefficient (Wildman–Crippen LogP) is 1.47. The third-order valence-corrected chi connectivity index (χ3v) is 3.72. The average molecular weight is 324 g/mol. The molecule has 0 spiro atoms. The number of carboxylic acids is 1. The molecule has 0 aliphatic carbocycles. The van der Waals surface area contributed by atoms with Crippen molar-refractivity contribution in [3.63, 3.8) is 0 Å². The topological polar surface area (TPSA) is 102 Å². The number of carbonyl (C=O) groups is 2. The molecule has 2 aromatic heterocycles. The highest BCUT2D eigenvalue weighted by Gasteiger charge is 2.19. The Kier molecular flexibility index (Phi) is 5.29. The van der Waals surface area contributed by atoms with Crippen LogP contribution in [0.5, 0.6) is 0 Å². The summed E-state index contributed by atoms with van der Waals surface area (Å²) in [5, 5.41) is 15.2. The highest BCUT2D eigenvalue weighted by Crippen LogP contribution is 2.23. The van der Waals surface area contributed by atoms with Crippen LogP contribution in [0.4, 0.5) is 0 Å². The summed E-state index contributed by atoms with van der Waals surface area (Å²) in [5.74, 6) is -0.420. The van der Waals surface area contributed by atoms with Gasteiger partial charge in [-0.25, -0.2) is 9.78 Å². The summed E-state index contributed by atoms with van der Waals surface area (Å²) in [6.45, 7) is 1.64. The summed E-state index contributed by atoms with van der Waals surface area (Å²) in [4.78, 5) is 27.0. The maximum Gasteiger partial charge on any atom is 0.334 e. The van der Waals surface area contributed by atoms with Crippen LogP contribution in [-0.4, -0.2) is 41.7 Å². The number of nitrogens with one attached hydrogen (secondary N) is 1. The third kappa shape index (κ3) is 3.92. The van der Waals surface area contributed by atoms with E-state index in [9.17, 15) is 9.59 Å². The van der Waals surface area contributed by atoms with E-state index in [0.29, 0.717) is 17.3 Å². The van der Waals surface area contributed by atoms with Crippen LogP contribution in [0.1, 0.15) is 11.5 Å². The summed E-state index contributed by atoms with van der Waals surface area (Å²) in [5.41, 5.74) is 1.40. The number of hydrogen-bond acceptors (Lipinski definition) is 6. The van der Waals surface area contributed by atoms with Gasteiger partial charge in [-0.3, -0.25) is 4.79 Å². The molecule has 1 atom stereocenters. The van der Waals surface area contributed by atoms with E-state index in [0.717, 1.165) is 5.56 Å². The van der Waals surface area contributed by atoms with Crippen molar-refractivity contribution in [2.24, 2.45) is 0 Å². The summed E-state index contributed by atoms with van der Waals surface area (Å²) in [7, 11) is 1.28. The van der Waals surface area contributed by atoms with Gasteiger partial charge in [0.25, 0.3) is 0 Å². The van der Waals surface area contributed by atoms with E-state index in [1.54, 1.807) is 6.92 Å². The van der Waals surface area contributed by atoms with Crippen molar-refractivity contribution in [1.82, 2.24) is 10.3 Å². The summed E-state index contributed by atoms with van der Waals surface area (Å²) in [6.07, 6.45) is -1.04. The number of carbonyl (C=O) groups excluding carboxylic acids is 1. The fourth-order valence-corrected chi connectivity index (χ4v) is 2.42. The molecule has 0 aliphatic heterocycles. The van der Waals surface area contributed by atoms with Gasteiger partial charge in [-0.1, -0.05) is 0 Å². The van der Waals surface area contributed by atoms with Crippen molar-refractivity contribution in [3.05, 3.63) is 28.3 Å². The van der Waals surface area contributed by atoms with Crippen molar-refractivity contribution in [1.29, 1.82) is 0 Å². The zero-order chi connectivity index (χ0) is 16.1. The number of thiophene rings is 1. The summed E-state index contributed by atoms with van der Waals surface area (Å²) >= 11 is 1.53. The van der Waals surface area contributed by atoms with E-state index in [1.807, 2.05) is 16.8 Å². The quantitative estimate of drug-likeness (QED) is 0.799. The molecule has 8 heteroatoms. The molecule has 1 unspecified atom stereocenters. The number of aromatic nitrogens is 1. The summed E-state index contributed by atoms with van der Waals surface area (Å²) < 4.78 is 10.3. The lowest BCUT2D eigenvalue weighted by atomic mass is 10.2. The first-order valence-electron chi connectivity index (χ1n) is 6.52. The molecular formula is C14H16N2O5S. The first kappa shape index (κ1) is 16.2. The van der Waals surface area contributed by atoms with E-state index in [2.05, 4.69) is 10.3 Å². The van der Waals surface area contributed by atoms with Gasteiger partial charge >= 0.3 is 5.97 Å². The highest BCUT2D eigenvalue weighted by atomic mass is 32.1. The van der Waals surface area contributed by atoms with Crippen LogP contribution in [-0.2, 0) is 20.7 Å². The van der Waals surface area contributed by atoms with Gasteiger partial charge < -0.3 is 19.6 Å². The lowest BCUT2D eigenvalue weighted by Crippen LogP contribution is -2.38. The van der Waals surface area contributed by atoms with E-state index in [-0.39, 0.29) is 18.9 Å². The van der Waals surface area contributed by atoms with E-state index < -0.39 is 12.1 Å². The fourth-order valence-electron chi connectivity index (χ4n) is 1.79. The number of nitrogens with zero attached hydrogens (tertiary/aromatic N) is 1. The SMILES string of the molecule is COC(CNC(=O)Cc1nc(-c2ccsc2)oc1C)C(=O)O. The number of oxazole rings is 1. The largest absolute Gasteiger partial charge is 0.479 e. The Balaban J connectivity index is 1.96. The fraction of sp³-hybridized carbons (Fsp3) is 0.357. The Bertz CT molecular complexity index is 650. The van der Waals surface area contributed by atoms with Gasteiger partial charge in [-0.15, -0.1) is 0 Å². The second kappa shape index (κ2) is 7.19. The smallest absolute Gasteiger partial charge is 0.334 e. The monoisotopic (exact) mass is 324 g/mol. The maximum atomic E-state index is 11.9. The molecule has 0 saturated heterocycles.